The zero-order valence-corrected chi connectivity index (χ0v) is 10.3. The predicted octanol–water partition coefficient (Wildman–Crippen LogP) is 0.426. The number of aromatic nitrogens is 2. The maximum atomic E-state index is 11.7. The molecular formula is C12H20N4O. The maximum absolute atomic E-state index is 11.7. The van der Waals surface area contributed by atoms with Crippen LogP contribution >= 0.6 is 0 Å². The number of nitrogens with one attached hydrogen (secondary N) is 2. The third-order valence-electron chi connectivity index (χ3n) is 3.17. The second kappa shape index (κ2) is 5.82. The van der Waals surface area contributed by atoms with E-state index in [1.807, 2.05) is 19.3 Å². The highest BCUT2D eigenvalue weighted by Crippen LogP contribution is 2.15. The van der Waals surface area contributed by atoms with Crippen molar-refractivity contribution in [1.82, 2.24) is 20.4 Å². The average molecular weight is 236 g/mol. The third kappa shape index (κ3) is 3.85. The van der Waals surface area contributed by atoms with E-state index in [4.69, 9.17) is 0 Å². The van der Waals surface area contributed by atoms with Crippen molar-refractivity contribution in [2.75, 3.05) is 13.1 Å². The van der Waals surface area contributed by atoms with Crippen molar-refractivity contribution >= 4 is 5.91 Å². The number of carbonyl (C=O) groups is 1. The zero-order chi connectivity index (χ0) is 12.1. The Kier molecular flexibility index (Phi) is 4.14. The molecule has 1 aromatic rings. The number of aryl methyl sites for hydroxylation is 1. The number of amides is 1. The quantitative estimate of drug-likeness (QED) is 0.797. The van der Waals surface area contributed by atoms with Crippen molar-refractivity contribution < 1.29 is 4.79 Å². The van der Waals surface area contributed by atoms with Gasteiger partial charge < -0.3 is 10.6 Å². The number of hydrogen-bond donors (Lipinski definition) is 2. The van der Waals surface area contributed by atoms with Gasteiger partial charge in [-0.05, 0) is 37.9 Å². The smallest absolute Gasteiger partial charge is 0.220 e. The fourth-order valence-corrected chi connectivity index (χ4v) is 2.17. The summed E-state index contributed by atoms with van der Waals surface area (Å²) in [6, 6.07) is 1.92. The minimum Gasteiger partial charge on any atom is -0.350 e. The molecule has 2 N–H and O–H groups in total. The van der Waals surface area contributed by atoms with Crippen LogP contribution in [0.5, 0.6) is 0 Å². The van der Waals surface area contributed by atoms with Crippen molar-refractivity contribution in [2.45, 2.75) is 25.8 Å². The standard InChI is InChI=1S/C12H20N4O/c1-16-7-4-11(15-16)9-14-12(17)8-10-2-5-13-6-3-10/h4,7,10,13H,2-3,5-6,8-9H2,1H3,(H,14,17). The van der Waals surface area contributed by atoms with Crippen LogP contribution in [0.4, 0.5) is 0 Å². The molecule has 0 unspecified atom stereocenters. The number of hydrogen-bond acceptors (Lipinski definition) is 3. The molecule has 0 radical (unpaired) electrons. The summed E-state index contributed by atoms with van der Waals surface area (Å²) in [6.07, 6.45) is 4.75. The van der Waals surface area contributed by atoms with Gasteiger partial charge in [-0.25, -0.2) is 0 Å². The van der Waals surface area contributed by atoms with Crippen molar-refractivity contribution in [3.63, 3.8) is 0 Å². The molecule has 1 aromatic heterocycles. The lowest BCUT2D eigenvalue weighted by Crippen LogP contribution is -2.32. The van der Waals surface area contributed by atoms with Crippen molar-refractivity contribution in [3.05, 3.63) is 18.0 Å². The summed E-state index contributed by atoms with van der Waals surface area (Å²) in [6.45, 7) is 2.61. The second-order valence-electron chi connectivity index (χ2n) is 4.65. The highest BCUT2D eigenvalue weighted by Gasteiger charge is 2.16. The van der Waals surface area contributed by atoms with Crippen LogP contribution in [0, 0.1) is 5.92 Å². The highest BCUT2D eigenvalue weighted by atomic mass is 16.1. The number of rotatable bonds is 4. The van der Waals surface area contributed by atoms with E-state index in [2.05, 4.69) is 15.7 Å². The summed E-state index contributed by atoms with van der Waals surface area (Å²) in [5.41, 5.74) is 0.908. The molecule has 0 aliphatic carbocycles. The SMILES string of the molecule is Cn1ccc(CNC(=O)CC2CCNCC2)n1. The summed E-state index contributed by atoms with van der Waals surface area (Å²) < 4.78 is 1.74. The van der Waals surface area contributed by atoms with Crippen LogP contribution in [0.15, 0.2) is 12.3 Å². The van der Waals surface area contributed by atoms with E-state index in [9.17, 15) is 4.79 Å². The van der Waals surface area contributed by atoms with Gasteiger partial charge in [-0.2, -0.15) is 5.10 Å². The topological polar surface area (TPSA) is 59.0 Å². The molecule has 1 amide bonds. The van der Waals surface area contributed by atoms with Gasteiger partial charge >= 0.3 is 0 Å². The molecule has 1 fully saturated rings. The minimum atomic E-state index is 0.141. The Morgan fingerprint density at radius 2 is 2.35 bits per heavy atom. The van der Waals surface area contributed by atoms with Gasteiger partial charge in [0, 0.05) is 19.7 Å². The molecule has 5 heteroatoms. The number of nitrogens with zero attached hydrogens (tertiary/aromatic N) is 2. The van der Waals surface area contributed by atoms with Crippen LogP contribution < -0.4 is 10.6 Å². The van der Waals surface area contributed by atoms with Crippen LogP contribution in [0.25, 0.3) is 0 Å². The Morgan fingerprint density at radius 1 is 1.59 bits per heavy atom. The molecule has 0 bridgehead atoms. The average Bonchev–Trinajstić information content (AvgIpc) is 2.74. The van der Waals surface area contributed by atoms with E-state index >= 15 is 0 Å². The minimum absolute atomic E-state index is 0.141. The fourth-order valence-electron chi connectivity index (χ4n) is 2.17. The normalized spacial score (nSPS) is 17.0. The van der Waals surface area contributed by atoms with Gasteiger partial charge in [0.15, 0.2) is 0 Å². The molecule has 2 heterocycles. The molecule has 0 saturated carbocycles. The van der Waals surface area contributed by atoms with Gasteiger partial charge in [0.1, 0.15) is 0 Å². The van der Waals surface area contributed by atoms with Crippen molar-refractivity contribution in [2.24, 2.45) is 13.0 Å². The lowest BCUT2D eigenvalue weighted by atomic mass is 9.94. The number of piperidine rings is 1. The molecule has 2 rings (SSSR count). The second-order valence-corrected chi connectivity index (χ2v) is 4.65. The Hall–Kier alpha value is -1.36. The monoisotopic (exact) mass is 236 g/mol. The van der Waals surface area contributed by atoms with E-state index in [-0.39, 0.29) is 5.91 Å². The Labute approximate surface area is 102 Å². The van der Waals surface area contributed by atoms with Gasteiger partial charge in [0.2, 0.25) is 5.91 Å². The third-order valence-corrected chi connectivity index (χ3v) is 3.17. The molecule has 94 valence electrons. The van der Waals surface area contributed by atoms with E-state index in [0.29, 0.717) is 18.9 Å². The highest BCUT2D eigenvalue weighted by molar-refractivity contribution is 5.76. The summed E-state index contributed by atoms with van der Waals surface area (Å²) in [5, 5.41) is 10.4. The van der Waals surface area contributed by atoms with E-state index < -0.39 is 0 Å². The first kappa shape index (κ1) is 12.1. The van der Waals surface area contributed by atoms with E-state index in [1.54, 1.807) is 4.68 Å². The molecule has 0 atom stereocenters. The van der Waals surface area contributed by atoms with Crippen LogP contribution in [0.3, 0.4) is 0 Å². The summed E-state index contributed by atoms with van der Waals surface area (Å²) in [5.74, 6) is 0.683. The van der Waals surface area contributed by atoms with Crippen molar-refractivity contribution in [1.29, 1.82) is 0 Å². The molecule has 1 saturated heterocycles. The van der Waals surface area contributed by atoms with Crippen LogP contribution in [-0.4, -0.2) is 28.8 Å². The lowest BCUT2D eigenvalue weighted by molar-refractivity contribution is -0.122. The van der Waals surface area contributed by atoms with E-state index in [1.165, 1.54) is 0 Å². The largest absolute Gasteiger partial charge is 0.350 e. The Balaban J connectivity index is 1.70. The molecule has 5 nitrogen and oxygen atoms in total. The van der Waals surface area contributed by atoms with Gasteiger partial charge in [-0.1, -0.05) is 0 Å². The number of carbonyl (C=O) groups excluding carboxylic acids is 1. The summed E-state index contributed by atoms with van der Waals surface area (Å²) in [7, 11) is 1.88. The Bertz CT molecular complexity index is 368. The molecule has 1 aliphatic rings. The van der Waals surface area contributed by atoms with Crippen molar-refractivity contribution in [3.8, 4) is 0 Å². The van der Waals surface area contributed by atoms with Crippen LogP contribution in [0.2, 0.25) is 0 Å². The molecule has 1 aliphatic heterocycles. The maximum Gasteiger partial charge on any atom is 0.220 e. The molecule has 0 aromatic carbocycles. The first-order valence-corrected chi connectivity index (χ1v) is 6.20. The van der Waals surface area contributed by atoms with E-state index in [0.717, 1.165) is 31.6 Å². The zero-order valence-electron chi connectivity index (χ0n) is 10.3. The summed E-state index contributed by atoms with van der Waals surface area (Å²) >= 11 is 0. The Morgan fingerprint density at radius 3 is 3.00 bits per heavy atom. The van der Waals surface area contributed by atoms with Gasteiger partial charge in [0.25, 0.3) is 0 Å². The fraction of sp³-hybridized carbons (Fsp3) is 0.667. The summed E-state index contributed by atoms with van der Waals surface area (Å²) in [4.78, 5) is 11.7. The van der Waals surface area contributed by atoms with Gasteiger partial charge in [-0.15, -0.1) is 0 Å². The lowest BCUT2D eigenvalue weighted by Gasteiger charge is -2.21. The first-order valence-electron chi connectivity index (χ1n) is 6.20. The first-order chi connectivity index (χ1) is 8.24. The molecule has 0 spiro atoms. The van der Waals surface area contributed by atoms with Crippen LogP contribution in [-0.2, 0) is 18.4 Å². The predicted molar refractivity (Wildman–Crippen MR) is 65.3 cm³/mol. The molecular weight excluding hydrogens is 216 g/mol. The molecule has 17 heavy (non-hydrogen) atoms. The van der Waals surface area contributed by atoms with Gasteiger partial charge in [0.05, 0.1) is 12.2 Å². The van der Waals surface area contributed by atoms with Gasteiger partial charge in [-0.3, -0.25) is 9.48 Å². The van der Waals surface area contributed by atoms with Crippen LogP contribution in [0.1, 0.15) is 25.0 Å².